The number of rotatable bonds is 2. The first-order valence-corrected chi connectivity index (χ1v) is 4.24. The lowest BCUT2D eigenvalue weighted by atomic mass is 10.3. The molecule has 0 saturated carbocycles. The van der Waals surface area contributed by atoms with Crippen molar-refractivity contribution in [3.63, 3.8) is 0 Å². The highest BCUT2D eigenvalue weighted by atomic mass is 16.5. The van der Waals surface area contributed by atoms with Gasteiger partial charge in [0.25, 0.3) is 0 Å². The van der Waals surface area contributed by atoms with Crippen LogP contribution in [0.4, 0.5) is 5.69 Å². The topological polar surface area (TPSA) is 21.3 Å². The fraction of sp³-hybridized carbons (Fsp3) is 0.273. The minimum atomic E-state index is 0.856. The minimum Gasteiger partial charge on any atom is -0.497 e. The Bertz CT molecular complexity index is 305. The van der Waals surface area contributed by atoms with E-state index >= 15 is 0 Å². The molecule has 0 aromatic heterocycles. The van der Waals surface area contributed by atoms with Gasteiger partial charge in [0.05, 0.1) is 7.11 Å². The van der Waals surface area contributed by atoms with Crippen molar-refractivity contribution in [1.82, 2.24) is 0 Å². The van der Waals surface area contributed by atoms with E-state index in [0.29, 0.717) is 0 Å². The molecule has 2 heteroatoms. The summed E-state index contributed by atoms with van der Waals surface area (Å²) < 4.78 is 5.03. The van der Waals surface area contributed by atoms with Gasteiger partial charge in [-0.15, -0.1) is 0 Å². The summed E-state index contributed by atoms with van der Waals surface area (Å²) in [5.41, 5.74) is 0.988. The van der Waals surface area contributed by atoms with Gasteiger partial charge < -0.3 is 10.1 Å². The van der Waals surface area contributed by atoms with Gasteiger partial charge in [0.15, 0.2) is 0 Å². The van der Waals surface area contributed by atoms with Crippen LogP contribution in [0, 0.1) is 12.0 Å². The van der Waals surface area contributed by atoms with Crippen LogP contribution < -0.4 is 10.1 Å². The molecule has 0 fully saturated rings. The molecule has 0 aliphatic carbocycles. The third-order valence-corrected chi connectivity index (χ3v) is 1.56. The lowest BCUT2D eigenvalue weighted by molar-refractivity contribution is 0.415. The zero-order chi connectivity index (χ0) is 9.52. The first-order chi connectivity index (χ1) is 6.36. The van der Waals surface area contributed by atoms with Crippen molar-refractivity contribution in [1.29, 1.82) is 0 Å². The highest BCUT2D eigenvalue weighted by Gasteiger charge is 1.89. The van der Waals surface area contributed by atoms with Crippen molar-refractivity contribution >= 4 is 5.69 Å². The molecule has 68 valence electrons. The predicted octanol–water partition coefficient (Wildman–Crippen LogP) is 2.48. The zero-order valence-corrected chi connectivity index (χ0v) is 7.92. The van der Waals surface area contributed by atoms with Crippen LogP contribution in [-0.2, 0) is 0 Å². The molecule has 0 bridgehead atoms. The summed E-state index contributed by atoms with van der Waals surface area (Å²) >= 11 is 0. The fourth-order valence-corrected chi connectivity index (χ4v) is 0.879. The fourth-order valence-electron chi connectivity index (χ4n) is 0.879. The van der Waals surface area contributed by atoms with Crippen LogP contribution in [-0.4, -0.2) is 7.11 Å². The van der Waals surface area contributed by atoms with Gasteiger partial charge in [0.1, 0.15) is 5.75 Å². The van der Waals surface area contributed by atoms with E-state index in [1.165, 1.54) is 0 Å². The van der Waals surface area contributed by atoms with Crippen molar-refractivity contribution in [2.75, 3.05) is 12.4 Å². The number of ether oxygens (including phenoxy) is 1. The van der Waals surface area contributed by atoms with Gasteiger partial charge in [-0.25, -0.2) is 0 Å². The summed E-state index contributed by atoms with van der Waals surface area (Å²) in [6.45, 7) is 2.02. The standard InChI is InChI=1S/C11H13NO/c1-3-4-9-12-10-5-7-11(13-2)8-6-10/h5-8,12H,3H2,1-2H3. The summed E-state index contributed by atoms with van der Waals surface area (Å²) in [6.07, 6.45) is 0.864. The van der Waals surface area contributed by atoms with Crippen LogP contribution >= 0.6 is 0 Å². The first kappa shape index (κ1) is 9.47. The lowest BCUT2D eigenvalue weighted by Gasteiger charge is -2.00. The van der Waals surface area contributed by atoms with Gasteiger partial charge in [-0.1, -0.05) is 12.8 Å². The van der Waals surface area contributed by atoms with Gasteiger partial charge in [-0.2, -0.15) is 0 Å². The van der Waals surface area contributed by atoms with Gasteiger partial charge in [0, 0.05) is 18.2 Å². The van der Waals surface area contributed by atoms with Crippen LogP contribution in [0.3, 0.4) is 0 Å². The molecule has 1 aromatic rings. The van der Waals surface area contributed by atoms with Crippen LogP contribution in [0.15, 0.2) is 24.3 Å². The number of hydrogen-bond acceptors (Lipinski definition) is 2. The molecular weight excluding hydrogens is 162 g/mol. The maximum Gasteiger partial charge on any atom is 0.119 e. The monoisotopic (exact) mass is 175 g/mol. The quantitative estimate of drug-likeness (QED) is 0.550. The molecule has 1 rings (SSSR count). The summed E-state index contributed by atoms with van der Waals surface area (Å²) in [6, 6.07) is 10.5. The van der Waals surface area contributed by atoms with E-state index in [1.54, 1.807) is 7.11 Å². The Kier molecular flexibility index (Phi) is 3.72. The van der Waals surface area contributed by atoms with E-state index in [1.807, 2.05) is 31.2 Å². The second kappa shape index (κ2) is 5.10. The Balaban J connectivity index is 2.59. The third-order valence-electron chi connectivity index (χ3n) is 1.56. The highest BCUT2D eigenvalue weighted by molar-refractivity contribution is 5.50. The van der Waals surface area contributed by atoms with Crippen LogP contribution in [0.25, 0.3) is 0 Å². The van der Waals surface area contributed by atoms with Crippen LogP contribution in [0.5, 0.6) is 5.75 Å². The number of hydrogen-bond donors (Lipinski definition) is 1. The molecule has 0 atom stereocenters. The van der Waals surface area contributed by atoms with Crippen molar-refractivity contribution < 1.29 is 4.74 Å². The number of methoxy groups -OCH3 is 1. The van der Waals surface area contributed by atoms with Crippen LogP contribution in [0.1, 0.15) is 13.3 Å². The summed E-state index contributed by atoms with van der Waals surface area (Å²) in [7, 11) is 1.65. The maximum absolute atomic E-state index is 5.03. The average molecular weight is 175 g/mol. The van der Waals surface area contributed by atoms with E-state index in [0.717, 1.165) is 17.9 Å². The second-order valence-corrected chi connectivity index (χ2v) is 2.51. The molecule has 0 aliphatic heterocycles. The Labute approximate surface area is 78.9 Å². The first-order valence-electron chi connectivity index (χ1n) is 4.24. The van der Waals surface area contributed by atoms with E-state index in [2.05, 4.69) is 17.3 Å². The normalized spacial score (nSPS) is 8.46. The molecule has 0 aliphatic rings. The van der Waals surface area contributed by atoms with E-state index in [9.17, 15) is 0 Å². The third kappa shape index (κ3) is 3.08. The molecule has 0 saturated heterocycles. The molecule has 0 spiro atoms. The van der Waals surface area contributed by atoms with Gasteiger partial charge >= 0.3 is 0 Å². The van der Waals surface area contributed by atoms with E-state index < -0.39 is 0 Å². The number of nitrogens with one attached hydrogen (secondary N) is 1. The van der Waals surface area contributed by atoms with E-state index in [4.69, 9.17) is 4.74 Å². The van der Waals surface area contributed by atoms with Crippen molar-refractivity contribution in [2.45, 2.75) is 13.3 Å². The molecule has 0 unspecified atom stereocenters. The molecule has 0 amide bonds. The van der Waals surface area contributed by atoms with E-state index in [-0.39, 0.29) is 0 Å². The Morgan fingerprint density at radius 2 is 2.00 bits per heavy atom. The molecule has 1 N–H and O–H groups in total. The van der Waals surface area contributed by atoms with Gasteiger partial charge in [-0.3, -0.25) is 0 Å². The average Bonchev–Trinajstić information content (AvgIpc) is 2.19. The Morgan fingerprint density at radius 1 is 1.31 bits per heavy atom. The highest BCUT2D eigenvalue weighted by Crippen LogP contribution is 2.14. The molecule has 0 heterocycles. The van der Waals surface area contributed by atoms with Gasteiger partial charge in [0.2, 0.25) is 0 Å². The van der Waals surface area contributed by atoms with Crippen molar-refractivity contribution in [3.05, 3.63) is 24.3 Å². The molecule has 1 aromatic carbocycles. The lowest BCUT2D eigenvalue weighted by Crippen LogP contribution is -1.88. The molecule has 0 radical (unpaired) electrons. The molecular formula is C11H13NO. The zero-order valence-electron chi connectivity index (χ0n) is 7.92. The Hall–Kier alpha value is -1.62. The van der Waals surface area contributed by atoms with Crippen LogP contribution in [0.2, 0.25) is 0 Å². The SMILES string of the molecule is CCC#CNc1ccc(OC)cc1. The largest absolute Gasteiger partial charge is 0.497 e. The Morgan fingerprint density at radius 3 is 2.54 bits per heavy atom. The molecule has 2 nitrogen and oxygen atoms in total. The van der Waals surface area contributed by atoms with Gasteiger partial charge in [-0.05, 0) is 24.3 Å². The predicted molar refractivity (Wildman–Crippen MR) is 54.7 cm³/mol. The summed E-state index contributed by atoms with van der Waals surface area (Å²) in [4.78, 5) is 0. The molecule has 13 heavy (non-hydrogen) atoms. The number of benzene rings is 1. The van der Waals surface area contributed by atoms with Crippen molar-refractivity contribution in [2.24, 2.45) is 0 Å². The smallest absolute Gasteiger partial charge is 0.119 e. The number of anilines is 1. The second-order valence-electron chi connectivity index (χ2n) is 2.51. The maximum atomic E-state index is 5.03. The summed E-state index contributed by atoms with van der Waals surface area (Å²) in [5, 5.41) is 2.98. The summed E-state index contributed by atoms with van der Waals surface area (Å²) in [5.74, 6) is 3.79. The minimum absolute atomic E-state index is 0.856. The van der Waals surface area contributed by atoms with Crippen molar-refractivity contribution in [3.8, 4) is 17.7 Å².